The third kappa shape index (κ3) is 4.93. The number of rotatable bonds is 4. The summed E-state index contributed by atoms with van der Waals surface area (Å²) in [6.07, 6.45) is 3.91. The van der Waals surface area contributed by atoms with Gasteiger partial charge < -0.3 is 15.2 Å². The predicted molar refractivity (Wildman–Crippen MR) is 141 cm³/mol. The Morgan fingerprint density at radius 2 is 1.58 bits per heavy atom. The number of hydrogen-bond donors (Lipinski definition) is 3. The van der Waals surface area contributed by atoms with Crippen molar-refractivity contribution in [2.75, 3.05) is 16.0 Å². The first-order valence-electron chi connectivity index (χ1n) is 12.1. The lowest BCUT2D eigenvalue weighted by Crippen LogP contribution is -2.20. The van der Waals surface area contributed by atoms with Gasteiger partial charge in [-0.15, -0.1) is 0 Å². The van der Waals surface area contributed by atoms with Crippen LogP contribution in [0.1, 0.15) is 61.0 Å². The normalized spacial score (nSPS) is 13.2. The van der Waals surface area contributed by atoms with Crippen LogP contribution < -0.4 is 16.0 Å². The Hall–Kier alpha value is -4.20. The van der Waals surface area contributed by atoms with Crippen molar-refractivity contribution in [3.8, 4) is 0 Å². The summed E-state index contributed by atoms with van der Waals surface area (Å²) in [5.74, 6) is 0.876. The number of anilines is 3. The number of benzene rings is 2. The molecule has 0 unspecified atom stereocenters. The summed E-state index contributed by atoms with van der Waals surface area (Å²) < 4.78 is 5.29. The molecule has 0 atom stereocenters. The van der Waals surface area contributed by atoms with Crippen molar-refractivity contribution in [3.63, 3.8) is 0 Å². The van der Waals surface area contributed by atoms with Crippen LogP contribution in [0.25, 0.3) is 10.9 Å². The summed E-state index contributed by atoms with van der Waals surface area (Å²) in [6, 6.07) is 16.1. The highest BCUT2D eigenvalue weighted by Gasteiger charge is 2.23. The number of nitrogens with zero attached hydrogens (tertiary/aromatic N) is 2. The molecule has 8 nitrogen and oxygen atoms in total. The Kier molecular flexibility index (Phi) is 6.18. The molecule has 1 aliphatic rings. The van der Waals surface area contributed by atoms with Crippen LogP contribution in [0.2, 0.25) is 0 Å². The van der Waals surface area contributed by atoms with Gasteiger partial charge in [0.1, 0.15) is 5.76 Å². The highest BCUT2D eigenvalue weighted by Crippen LogP contribution is 2.30. The second-order valence-electron chi connectivity index (χ2n) is 10.1. The van der Waals surface area contributed by atoms with Gasteiger partial charge in [-0.3, -0.25) is 15.1 Å². The van der Waals surface area contributed by atoms with E-state index in [1.54, 1.807) is 30.3 Å². The lowest BCUT2D eigenvalue weighted by Gasteiger charge is -2.20. The van der Waals surface area contributed by atoms with E-state index in [0.717, 1.165) is 47.8 Å². The minimum Gasteiger partial charge on any atom is -0.359 e. The number of carbonyl (C=O) groups is 2. The minimum atomic E-state index is -0.435. The molecule has 0 radical (unpaired) electrons. The van der Waals surface area contributed by atoms with Crippen molar-refractivity contribution in [3.05, 3.63) is 77.2 Å². The van der Waals surface area contributed by atoms with Crippen LogP contribution in [0.5, 0.6) is 0 Å². The molecule has 3 amide bonds. The number of carbonyl (C=O) groups excluding carboxylic acids is 2. The fourth-order valence-corrected chi connectivity index (χ4v) is 4.43. The van der Waals surface area contributed by atoms with Gasteiger partial charge in [-0.25, -0.2) is 4.79 Å². The molecule has 4 aromatic rings. The number of aromatic nitrogens is 2. The zero-order valence-corrected chi connectivity index (χ0v) is 20.6. The van der Waals surface area contributed by atoms with E-state index in [1.807, 2.05) is 45.0 Å². The Labute approximate surface area is 209 Å². The van der Waals surface area contributed by atoms with Crippen LogP contribution in [-0.2, 0) is 18.3 Å². The number of hydrogen-bond acceptors (Lipinski definition) is 5. The van der Waals surface area contributed by atoms with E-state index >= 15 is 0 Å². The molecular formula is C28H29N5O3. The standard InChI is InChI=1S/C28H29N5O3/c1-28(2,3)23-16-24(33-36-23)32-27(35)30-18-14-12-17(13-15-18)29-26(34)25-19-8-4-6-10-21(19)31-22-11-7-5-9-20(22)25/h4,6,8,10,12-16H,5,7,9,11H2,1-3H3,(H,29,34)(H2,30,32,33,35). The van der Waals surface area contributed by atoms with Gasteiger partial charge in [-0.05, 0) is 61.6 Å². The highest BCUT2D eigenvalue weighted by atomic mass is 16.5. The summed E-state index contributed by atoms with van der Waals surface area (Å²) in [5, 5.41) is 13.2. The van der Waals surface area contributed by atoms with Crippen molar-refractivity contribution in [1.29, 1.82) is 0 Å². The number of urea groups is 1. The average molecular weight is 484 g/mol. The summed E-state index contributed by atoms with van der Waals surface area (Å²) in [4.78, 5) is 30.6. The van der Waals surface area contributed by atoms with E-state index in [2.05, 4.69) is 21.1 Å². The SMILES string of the molecule is CC(C)(C)c1cc(NC(=O)Nc2ccc(NC(=O)c3c4c(nc5ccccc35)CCCC4)cc2)no1. The Balaban J connectivity index is 1.28. The predicted octanol–water partition coefficient (Wildman–Crippen LogP) is 6.30. The van der Waals surface area contributed by atoms with Gasteiger partial charge in [-0.2, -0.15) is 0 Å². The molecule has 5 rings (SSSR count). The first-order chi connectivity index (χ1) is 17.3. The Morgan fingerprint density at radius 1 is 0.889 bits per heavy atom. The third-order valence-electron chi connectivity index (χ3n) is 6.29. The monoisotopic (exact) mass is 483 g/mol. The summed E-state index contributed by atoms with van der Waals surface area (Å²) >= 11 is 0. The van der Waals surface area contributed by atoms with Crippen LogP contribution in [0.15, 0.2) is 59.1 Å². The van der Waals surface area contributed by atoms with Crippen molar-refractivity contribution in [2.24, 2.45) is 0 Å². The molecule has 0 saturated carbocycles. The topological polar surface area (TPSA) is 109 Å². The first-order valence-corrected chi connectivity index (χ1v) is 12.1. The smallest absolute Gasteiger partial charge is 0.324 e. The molecule has 8 heteroatoms. The second-order valence-corrected chi connectivity index (χ2v) is 10.1. The van der Waals surface area contributed by atoms with Crippen molar-refractivity contribution in [2.45, 2.75) is 51.9 Å². The molecule has 3 N–H and O–H groups in total. The van der Waals surface area contributed by atoms with Crippen molar-refractivity contribution < 1.29 is 14.1 Å². The maximum absolute atomic E-state index is 13.4. The van der Waals surface area contributed by atoms with E-state index in [0.29, 0.717) is 28.5 Å². The quantitative estimate of drug-likeness (QED) is 0.316. The molecule has 36 heavy (non-hydrogen) atoms. The van der Waals surface area contributed by atoms with Crippen molar-refractivity contribution in [1.82, 2.24) is 10.1 Å². The van der Waals surface area contributed by atoms with Crippen LogP contribution in [0.3, 0.4) is 0 Å². The van der Waals surface area contributed by atoms with Crippen LogP contribution in [0, 0.1) is 0 Å². The zero-order chi connectivity index (χ0) is 25.3. The Morgan fingerprint density at radius 3 is 2.31 bits per heavy atom. The molecule has 184 valence electrons. The van der Waals surface area contributed by atoms with Gasteiger partial charge in [0, 0.05) is 33.9 Å². The highest BCUT2D eigenvalue weighted by molar-refractivity contribution is 6.13. The maximum Gasteiger partial charge on any atom is 0.324 e. The number of pyridine rings is 1. The molecule has 0 fully saturated rings. The van der Waals surface area contributed by atoms with E-state index in [1.165, 1.54) is 0 Å². The van der Waals surface area contributed by atoms with E-state index in [-0.39, 0.29) is 11.3 Å². The van der Waals surface area contributed by atoms with E-state index < -0.39 is 6.03 Å². The second kappa shape index (κ2) is 9.45. The summed E-state index contributed by atoms with van der Waals surface area (Å²) in [7, 11) is 0. The molecule has 0 spiro atoms. The van der Waals surface area contributed by atoms with Gasteiger partial charge in [-0.1, -0.05) is 44.1 Å². The Bertz CT molecular complexity index is 1430. The molecule has 0 bridgehead atoms. The lowest BCUT2D eigenvalue weighted by atomic mass is 9.89. The third-order valence-corrected chi connectivity index (χ3v) is 6.29. The molecule has 2 heterocycles. The molecule has 0 saturated heterocycles. The fraction of sp³-hybridized carbons (Fsp3) is 0.286. The lowest BCUT2D eigenvalue weighted by molar-refractivity contribution is 0.102. The summed E-state index contributed by atoms with van der Waals surface area (Å²) in [5.41, 5.74) is 4.65. The number of fused-ring (bicyclic) bond motifs is 2. The van der Waals surface area contributed by atoms with Crippen LogP contribution in [-0.4, -0.2) is 22.1 Å². The zero-order valence-electron chi connectivity index (χ0n) is 20.6. The van der Waals surface area contributed by atoms with Gasteiger partial charge in [0.2, 0.25) is 0 Å². The number of amides is 3. The van der Waals surface area contributed by atoms with Crippen LogP contribution >= 0.6 is 0 Å². The molecule has 2 aromatic heterocycles. The van der Waals surface area contributed by atoms with Crippen molar-refractivity contribution >= 4 is 40.0 Å². The average Bonchev–Trinajstić information content (AvgIpc) is 3.32. The molecular weight excluding hydrogens is 454 g/mol. The van der Waals surface area contributed by atoms with Crippen LogP contribution in [0.4, 0.5) is 22.0 Å². The molecule has 1 aliphatic carbocycles. The summed E-state index contributed by atoms with van der Waals surface area (Å²) in [6.45, 7) is 6.01. The fourth-order valence-electron chi connectivity index (χ4n) is 4.43. The largest absolute Gasteiger partial charge is 0.359 e. The van der Waals surface area contributed by atoms with Gasteiger partial charge in [0.15, 0.2) is 5.82 Å². The maximum atomic E-state index is 13.4. The van der Waals surface area contributed by atoms with E-state index in [4.69, 9.17) is 9.51 Å². The first kappa shape index (κ1) is 23.5. The number of para-hydroxylation sites is 1. The molecule has 0 aliphatic heterocycles. The number of aryl methyl sites for hydroxylation is 1. The van der Waals surface area contributed by atoms with Gasteiger partial charge >= 0.3 is 6.03 Å². The van der Waals surface area contributed by atoms with Gasteiger partial charge in [0.05, 0.1) is 11.1 Å². The van der Waals surface area contributed by atoms with Gasteiger partial charge in [0.25, 0.3) is 5.91 Å². The minimum absolute atomic E-state index is 0.147. The van der Waals surface area contributed by atoms with E-state index in [9.17, 15) is 9.59 Å². The molecule has 2 aromatic carbocycles. The number of nitrogens with one attached hydrogen (secondary N) is 3.